The molecule has 0 spiro atoms. The largest absolute Gasteiger partial charge is 0.346 e. The number of hydrogen-bond acceptors (Lipinski definition) is 7. The van der Waals surface area contributed by atoms with Gasteiger partial charge in [0, 0.05) is 40.5 Å². The smallest absolute Gasteiger partial charge is 0.255 e. The number of alkyl halides is 2. The minimum atomic E-state index is -2.82. The van der Waals surface area contributed by atoms with E-state index in [4.69, 9.17) is 9.97 Å². The molecular formula is C38H44F4N8O2. The average Bonchev–Trinajstić information content (AvgIpc) is 3.62. The highest BCUT2D eigenvalue weighted by Crippen LogP contribution is 2.50. The van der Waals surface area contributed by atoms with Gasteiger partial charge in [0.05, 0.1) is 46.6 Å². The first kappa shape index (κ1) is 35.8. The van der Waals surface area contributed by atoms with Crippen molar-refractivity contribution in [2.75, 3.05) is 29.9 Å². The van der Waals surface area contributed by atoms with Crippen LogP contribution in [0, 0.1) is 18.6 Å². The molecule has 1 aromatic carbocycles. The number of anilines is 3. The lowest BCUT2D eigenvalue weighted by molar-refractivity contribution is -0.123. The molecule has 0 radical (unpaired) electrons. The number of hydrogen-bond donors (Lipinski definition) is 2. The first-order chi connectivity index (χ1) is 24.6. The summed E-state index contributed by atoms with van der Waals surface area (Å²) in [6.07, 6.45) is 5.84. The SMILES string of the molecule is Cc1c(C(=O)NCC(F)F)cc(Nc2nc(-c3cnc4c(c3)N(C3CC(C)(N5CCCCC5)C3)C(=O)C4(C)C)cc3ncn(C(C)C)c23)c(F)c1F. The Kier molecular flexibility index (Phi) is 9.03. The highest BCUT2D eigenvalue weighted by molar-refractivity contribution is 6.08. The van der Waals surface area contributed by atoms with E-state index in [1.807, 2.05) is 43.2 Å². The van der Waals surface area contributed by atoms with Gasteiger partial charge in [0.1, 0.15) is 5.52 Å². The van der Waals surface area contributed by atoms with Gasteiger partial charge in [-0.2, -0.15) is 0 Å². The van der Waals surface area contributed by atoms with Crippen molar-refractivity contribution in [1.82, 2.24) is 29.7 Å². The van der Waals surface area contributed by atoms with Crippen LogP contribution < -0.4 is 15.5 Å². The monoisotopic (exact) mass is 720 g/mol. The zero-order valence-electron chi connectivity index (χ0n) is 30.3. The molecule has 0 atom stereocenters. The van der Waals surface area contributed by atoms with E-state index in [2.05, 4.69) is 27.4 Å². The third kappa shape index (κ3) is 5.98. The van der Waals surface area contributed by atoms with Crippen LogP contribution in [0.4, 0.5) is 34.8 Å². The molecule has 3 aliphatic rings. The minimum absolute atomic E-state index is 0.00421. The topological polar surface area (TPSA) is 108 Å². The Morgan fingerprint density at radius 1 is 1.02 bits per heavy atom. The van der Waals surface area contributed by atoms with Crippen molar-refractivity contribution in [3.63, 3.8) is 0 Å². The van der Waals surface area contributed by atoms with Crippen LogP contribution in [-0.2, 0) is 10.2 Å². The number of benzene rings is 1. The normalized spacial score (nSPS) is 21.6. The van der Waals surface area contributed by atoms with Gasteiger partial charge in [-0.05, 0) is 98.5 Å². The van der Waals surface area contributed by atoms with Gasteiger partial charge in [-0.25, -0.2) is 27.5 Å². The summed E-state index contributed by atoms with van der Waals surface area (Å²) in [5.41, 5.74) is 1.65. The lowest BCUT2D eigenvalue weighted by Crippen LogP contribution is -2.64. The van der Waals surface area contributed by atoms with Gasteiger partial charge < -0.3 is 20.1 Å². The maximum atomic E-state index is 15.5. The molecule has 1 saturated heterocycles. The van der Waals surface area contributed by atoms with E-state index in [0.29, 0.717) is 28.0 Å². The number of amides is 2. The maximum Gasteiger partial charge on any atom is 0.255 e. The maximum absolute atomic E-state index is 15.5. The second kappa shape index (κ2) is 13.1. The van der Waals surface area contributed by atoms with E-state index in [1.165, 1.54) is 26.2 Å². The second-order valence-electron chi connectivity index (χ2n) is 15.4. The Balaban J connectivity index is 1.28. The number of piperidine rings is 1. The van der Waals surface area contributed by atoms with Crippen molar-refractivity contribution >= 4 is 40.0 Å². The van der Waals surface area contributed by atoms with Crippen molar-refractivity contribution in [1.29, 1.82) is 0 Å². The van der Waals surface area contributed by atoms with Crippen LogP contribution in [0.5, 0.6) is 0 Å². The summed E-state index contributed by atoms with van der Waals surface area (Å²) in [4.78, 5) is 45.5. The molecule has 0 bridgehead atoms. The Morgan fingerprint density at radius 3 is 2.40 bits per heavy atom. The predicted molar refractivity (Wildman–Crippen MR) is 191 cm³/mol. The number of rotatable bonds is 9. The van der Waals surface area contributed by atoms with Gasteiger partial charge in [-0.15, -0.1) is 0 Å². The molecule has 10 nitrogen and oxygen atoms in total. The number of carbonyl (C=O) groups excluding carboxylic acids is 2. The molecule has 1 aliphatic carbocycles. The summed E-state index contributed by atoms with van der Waals surface area (Å²) in [5.74, 6) is -3.38. The molecule has 276 valence electrons. The molecule has 1 saturated carbocycles. The fraction of sp³-hybridized carbons (Fsp3) is 0.500. The van der Waals surface area contributed by atoms with Crippen LogP contribution in [0.3, 0.4) is 0 Å². The van der Waals surface area contributed by atoms with Crippen LogP contribution in [0.2, 0.25) is 0 Å². The van der Waals surface area contributed by atoms with Crippen LogP contribution >= 0.6 is 0 Å². The molecule has 52 heavy (non-hydrogen) atoms. The van der Waals surface area contributed by atoms with Gasteiger partial charge in [0.2, 0.25) is 5.91 Å². The number of imidazole rings is 1. The Labute approximate surface area is 300 Å². The molecule has 2 N–H and O–H groups in total. The average molecular weight is 721 g/mol. The van der Waals surface area contributed by atoms with Gasteiger partial charge in [-0.3, -0.25) is 19.5 Å². The first-order valence-corrected chi connectivity index (χ1v) is 17.9. The molecule has 5 heterocycles. The minimum Gasteiger partial charge on any atom is -0.346 e. The van der Waals surface area contributed by atoms with E-state index in [0.717, 1.165) is 37.7 Å². The second-order valence-corrected chi connectivity index (χ2v) is 15.4. The lowest BCUT2D eigenvalue weighted by atomic mass is 9.71. The summed E-state index contributed by atoms with van der Waals surface area (Å²) in [6.45, 7) is 12.4. The van der Waals surface area contributed by atoms with E-state index >= 15 is 8.78 Å². The van der Waals surface area contributed by atoms with Gasteiger partial charge in [-0.1, -0.05) is 6.42 Å². The fourth-order valence-electron chi connectivity index (χ4n) is 8.09. The molecule has 0 unspecified atom stereocenters. The summed E-state index contributed by atoms with van der Waals surface area (Å²) < 4.78 is 58.2. The van der Waals surface area contributed by atoms with Crippen molar-refractivity contribution in [3.05, 3.63) is 59.2 Å². The van der Waals surface area contributed by atoms with Crippen LogP contribution in [0.25, 0.3) is 22.3 Å². The first-order valence-electron chi connectivity index (χ1n) is 17.9. The molecular weight excluding hydrogens is 676 g/mol. The van der Waals surface area contributed by atoms with Gasteiger partial charge >= 0.3 is 0 Å². The summed E-state index contributed by atoms with van der Waals surface area (Å²) in [5, 5.41) is 4.94. The predicted octanol–water partition coefficient (Wildman–Crippen LogP) is 7.43. The summed E-state index contributed by atoms with van der Waals surface area (Å²) >= 11 is 0. The number of aromatic nitrogens is 4. The Hall–Kier alpha value is -4.59. The van der Waals surface area contributed by atoms with E-state index in [1.54, 1.807) is 18.6 Å². The zero-order valence-corrected chi connectivity index (χ0v) is 30.3. The molecule has 14 heteroatoms. The number of halogens is 4. The highest BCUT2D eigenvalue weighted by atomic mass is 19.3. The summed E-state index contributed by atoms with van der Waals surface area (Å²) in [6, 6.07) is 4.72. The van der Waals surface area contributed by atoms with Crippen molar-refractivity contribution < 1.29 is 27.2 Å². The van der Waals surface area contributed by atoms with E-state index < -0.39 is 41.6 Å². The Morgan fingerprint density at radius 2 is 1.73 bits per heavy atom. The van der Waals surface area contributed by atoms with Crippen molar-refractivity contribution in [2.45, 2.75) is 103 Å². The molecule has 2 amide bonds. The number of likely N-dealkylation sites (tertiary alicyclic amines) is 1. The standard InChI is InChI=1S/C38H44F4N8O2/c1-20(2)49-19-45-27-14-25(46-34(32(27)49)47-26-13-24(21(3)30(41)31(26)42)35(51)44-18-29(39)40)22-12-28-33(43-17-22)37(4,5)36(52)50(28)23-15-38(6,16-23)48-10-8-7-9-11-48/h12-14,17,19-20,23,29H,7-11,15-16,18H2,1-6H3,(H,44,51)(H,46,47). The van der Waals surface area contributed by atoms with Crippen LogP contribution in [-0.4, -0.2) is 73.9 Å². The number of pyridine rings is 2. The number of nitrogens with zero attached hydrogens (tertiary/aromatic N) is 6. The number of carbonyl (C=O) groups is 2. The highest BCUT2D eigenvalue weighted by Gasteiger charge is 2.54. The lowest BCUT2D eigenvalue weighted by Gasteiger charge is -2.55. The quantitative estimate of drug-likeness (QED) is 0.173. The van der Waals surface area contributed by atoms with Gasteiger partial charge in [0.25, 0.3) is 12.3 Å². The van der Waals surface area contributed by atoms with Crippen molar-refractivity contribution in [2.24, 2.45) is 0 Å². The Bertz CT molecular complexity index is 2070. The molecule has 7 rings (SSSR count). The van der Waals surface area contributed by atoms with Crippen LogP contribution in [0.15, 0.2) is 30.7 Å². The number of nitrogens with one attached hydrogen (secondary N) is 2. The van der Waals surface area contributed by atoms with E-state index in [-0.39, 0.29) is 40.5 Å². The number of fused-ring (bicyclic) bond motifs is 2. The molecule has 3 aromatic heterocycles. The van der Waals surface area contributed by atoms with Gasteiger partial charge in [0.15, 0.2) is 17.5 Å². The van der Waals surface area contributed by atoms with Crippen LogP contribution in [0.1, 0.15) is 94.4 Å². The molecule has 2 fully saturated rings. The fourth-order valence-corrected chi connectivity index (χ4v) is 8.09. The third-order valence-electron chi connectivity index (χ3n) is 11.1. The van der Waals surface area contributed by atoms with Crippen molar-refractivity contribution in [3.8, 4) is 11.3 Å². The summed E-state index contributed by atoms with van der Waals surface area (Å²) in [7, 11) is 0. The third-order valence-corrected chi connectivity index (χ3v) is 11.1. The zero-order chi connectivity index (χ0) is 37.3. The molecule has 4 aromatic rings. The molecule has 2 aliphatic heterocycles. The van der Waals surface area contributed by atoms with E-state index in [9.17, 15) is 18.4 Å².